The Morgan fingerprint density at radius 2 is 2.00 bits per heavy atom. The topological polar surface area (TPSA) is 74.2 Å². The quantitative estimate of drug-likeness (QED) is 0.586. The van der Waals surface area contributed by atoms with E-state index in [9.17, 15) is 4.79 Å². The number of unbranched alkanes of at least 4 members (excludes halogenated alkanes) is 1. The Hall–Kier alpha value is -2.21. The zero-order valence-corrected chi connectivity index (χ0v) is 11.8. The molecule has 0 saturated heterocycles. The van der Waals surface area contributed by atoms with Crippen LogP contribution in [0, 0.1) is 0 Å². The maximum atomic E-state index is 10.7. The average Bonchev–Trinajstić information content (AvgIpc) is 2.91. The molecule has 6 heteroatoms. The molecule has 1 aromatic carbocycles. The fraction of sp³-hybridized carbons (Fsp3) is 0.400. The summed E-state index contributed by atoms with van der Waals surface area (Å²) in [6, 6.07) is 3.44. The molecule has 0 unspecified atom stereocenters. The first kappa shape index (κ1) is 15.2. The Morgan fingerprint density at radius 3 is 2.71 bits per heavy atom. The normalized spacial score (nSPS) is 12.8. The van der Waals surface area contributed by atoms with Gasteiger partial charge in [-0.25, -0.2) is 4.79 Å². The number of carbonyl (C=O) groups is 1. The van der Waals surface area contributed by atoms with Crippen molar-refractivity contribution in [2.75, 3.05) is 27.1 Å². The lowest BCUT2D eigenvalue weighted by Crippen LogP contribution is -2.01. The van der Waals surface area contributed by atoms with Gasteiger partial charge in [0.15, 0.2) is 11.5 Å². The second-order valence-electron chi connectivity index (χ2n) is 4.46. The lowest BCUT2D eigenvalue weighted by Gasteiger charge is -2.10. The van der Waals surface area contributed by atoms with Crippen LogP contribution in [-0.2, 0) is 9.53 Å². The minimum atomic E-state index is -1.02. The first-order chi connectivity index (χ1) is 10.2. The van der Waals surface area contributed by atoms with Crippen molar-refractivity contribution in [2.24, 2.45) is 0 Å². The molecule has 0 fully saturated rings. The van der Waals surface area contributed by atoms with E-state index in [-0.39, 0.29) is 6.79 Å². The number of aliphatic carboxylic acids is 1. The highest BCUT2D eigenvalue weighted by Crippen LogP contribution is 2.38. The molecule has 6 nitrogen and oxygen atoms in total. The number of hydrogen-bond acceptors (Lipinski definition) is 5. The molecule has 0 saturated carbocycles. The highest BCUT2D eigenvalue weighted by atomic mass is 16.7. The molecule has 2 rings (SSSR count). The Balaban J connectivity index is 2.07. The summed E-state index contributed by atoms with van der Waals surface area (Å²) in [4.78, 5) is 10.7. The van der Waals surface area contributed by atoms with E-state index in [0.29, 0.717) is 36.0 Å². The van der Waals surface area contributed by atoms with Crippen LogP contribution in [0.4, 0.5) is 0 Å². The number of methoxy groups -OCH3 is 1. The zero-order chi connectivity index (χ0) is 15.1. The Bertz CT molecular complexity index is 523. The standard InChI is InChI=1S/C15H18O6/c1-18-6-2-3-7-19-12-9-14-13(20-10-21-14)8-11(12)4-5-15(16)17/h4-5,8-9H,2-3,6-7,10H2,1H3,(H,16,17)/b5-4+. The molecular weight excluding hydrogens is 276 g/mol. The highest BCUT2D eigenvalue weighted by Gasteiger charge is 2.17. The van der Waals surface area contributed by atoms with Crippen LogP contribution in [0.15, 0.2) is 18.2 Å². The van der Waals surface area contributed by atoms with E-state index in [2.05, 4.69) is 0 Å². The van der Waals surface area contributed by atoms with E-state index >= 15 is 0 Å². The van der Waals surface area contributed by atoms with Crippen LogP contribution in [0.25, 0.3) is 6.08 Å². The first-order valence-corrected chi connectivity index (χ1v) is 6.67. The van der Waals surface area contributed by atoms with Gasteiger partial charge in [0.2, 0.25) is 6.79 Å². The third kappa shape index (κ3) is 4.39. The van der Waals surface area contributed by atoms with Gasteiger partial charge in [-0.05, 0) is 25.0 Å². The minimum Gasteiger partial charge on any atom is -0.493 e. The predicted molar refractivity (Wildman–Crippen MR) is 75.8 cm³/mol. The maximum absolute atomic E-state index is 10.7. The number of carboxylic acid groups (broad SMARTS) is 1. The lowest BCUT2D eigenvalue weighted by molar-refractivity contribution is -0.131. The van der Waals surface area contributed by atoms with Crippen molar-refractivity contribution in [3.05, 3.63) is 23.8 Å². The van der Waals surface area contributed by atoms with Gasteiger partial charge in [0.1, 0.15) is 5.75 Å². The van der Waals surface area contributed by atoms with E-state index in [1.165, 1.54) is 6.08 Å². The van der Waals surface area contributed by atoms with Crippen molar-refractivity contribution in [1.29, 1.82) is 0 Å². The number of carboxylic acids is 1. The predicted octanol–water partition coefficient (Wildman–Crippen LogP) is 2.32. The molecule has 1 heterocycles. The minimum absolute atomic E-state index is 0.161. The van der Waals surface area contributed by atoms with E-state index in [1.807, 2.05) is 0 Å². The first-order valence-electron chi connectivity index (χ1n) is 6.67. The van der Waals surface area contributed by atoms with Gasteiger partial charge < -0.3 is 24.1 Å². The van der Waals surface area contributed by atoms with Crippen molar-refractivity contribution in [2.45, 2.75) is 12.8 Å². The molecule has 0 aromatic heterocycles. The highest BCUT2D eigenvalue weighted by molar-refractivity contribution is 5.86. The molecule has 1 N–H and O–H groups in total. The van der Waals surface area contributed by atoms with E-state index in [0.717, 1.165) is 18.9 Å². The summed E-state index contributed by atoms with van der Waals surface area (Å²) >= 11 is 0. The largest absolute Gasteiger partial charge is 0.493 e. The molecule has 0 aliphatic carbocycles. The zero-order valence-electron chi connectivity index (χ0n) is 11.8. The van der Waals surface area contributed by atoms with Gasteiger partial charge >= 0.3 is 5.97 Å². The van der Waals surface area contributed by atoms with Crippen LogP contribution in [0.2, 0.25) is 0 Å². The van der Waals surface area contributed by atoms with Crippen LogP contribution in [0.1, 0.15) is 18.4 Å². The molecule has 1 aliphatic rings. The van der Waals surface area contributed by atoms with Crippen molar-refractivity contribution in [3.63, 3.8) is 0 Å². The van der Waals surface area contributed by atoms with Crippen LogP contribution >= 0.6 is 0 Å². The molecule has 0 radical (unpaired) electrons. The van der Waals surface area contributed by atoms with Gasteiger partial charge in [-0.2, -0.15) is 0 Å². The summed E-state index contributed by atoms with van der Waals surface area (Å²) in [7, 11) is 1.66. The number of hydrogen-bond donors (Lipinski definition) is 1. The van der Waals surface area contributed by atoms with E-state index in [1.54, 1.807) is 19.2 Å². The third-order valence-corrected chi connectivity index (χ3v) is 2.91. The summed E-state index contributed by atoms with van der Waals surface area (Å²) in [5.41, 5.74) is 0.647. The molecule has 1 aromatic rings. The number of benzene rings is 1. The van der Waals surface area contributed by atoms with Crippen LogP contribution in [0.5, 0.6) is 17.2 Å². The molecular formula is C15H18O6. The fourth-order valence-electron chi connectivity index (χ4n) is 1.89. The molecule has 1 aliphatic heterocycles. The van der Waals surface area contributed by atoms with Crippen molar-refractivity contribution < 1.29 is 28.8 Å². The number of rotatable bonds is 8. The summed E-state index contributed by atoms with van der Waals surface area (Å²) in [5.74, 6) is 0.758. The summed E-state index contributed by atoms with van der Waals surface area (Å²) < 4.78 is 21.3. The third-order valence-electron chi connectivity index (χ3n) is 2.91. The van der Waals surface area contributed by atoms with Crippen LogP contribution in [-0.4, -0.2) is 38.2 Å². The number of ether oxygens (including phenoxy) is 4. The molecule has 0 bridgehead atoms. The van der Waals surface area contributed by atoms with Crippen molar-refractivity contribution >= 4 is 12.0 Å². The van der Waals surface area contributed by atoms with E-state index in [4.69, 9.17) is 24.1 Å². The smallest absolute Gasteiger partial charge is 0.328 e. The summed E-state index contributed by atoms with van der Waals surface area (Å²) in [5, 5.41) is 8.73. The molecule has 21 heavy (non-hydrogen) atoms. The van der Waals surface area contributed by atoms with Gasteiger partial charge in [-0.3, -0.25) is 0 Å². The van der Waals surface area contributed by atoms with Crippen LogP contribution < -0.4 is 14.2 Å². The van der Waals surface area contributed by atoms with Gasteiger partial charge in [0.05, 0.1) is 6.61 Å². The second-order valence-corrected chi connectivity index (χ2v) is 4.46. The van der Waals surface area contributed by atoms with Crippen LogP contribution in [0.3, 0.4) is 0 Å². The molecule has 0 amide bonds. The molecule has 0 atom stereocenters. The number of fused-ring (bicyclic) bond motifs is 1. The Morgan fingerprint density at radius 1 is 1.29 bits per heavy atom. The second kappa shape index (κ2) is 7.54. The summed E-state index contributed by atoms with van der Waals surface area (Å²) in [6.45, 7) is 1.38. The van der Waals surface area contributed by atoms with Gasteiger partial charge in [0, 0.05) is 31.4 Å². The van der Waals surface area contributed by atoms with E-state index < -0.39 is 5.97 Å². The lowest BCUT2D eigenvalue weighted by atomic mass is 10.1. The SMILES string of the molecule is COCCCCOc1cc2c(cc1/C=C/C(=O)O)OCO2. The van der Waals surface area contributed by atoms with Gasteiger partial charge in [-0.15, -0.1) is 0 Å². The molecule has 0 spiro atoms. The Labute approximate surface area is 122 Å². The van der Waals surface area contributed by atoms with Crippen molar-refractivity contribution in [1.82, 2.24) is 0 Å². The van der Waals surface area contributed by atoms with Gasteiger partial charge in [0.25, 0.3) is 0 Å². The summed E-state index contributed by atoms with van der Waals surface area (Å²) in [6.07, 6.45) is 4.30. The molecule has 114 valence electrons. The fourth-order valence-corrected chi connectivity index (χ4v) is 1.89. The maximum Gasteiger partial charge on any atom is 0.328 e. The van der Waals surface area contributed by atoms with Crippen molar-refractivity contribution in [3.8, 4) is 17.2 Å². The Kier molecular flexibility index (Phi) is 5.45. The average molecular weight is 294 g/mol. The monoisotopic (exact) mass is 294 g/mol. The van der Waals surface area contributed by atoms with Gasteiger partial charge in [-0.1, -0.05) is 0 Å².